The quantitative estimate of drug-likeness (QED) is 0.573. The van der Waals surface area contributed by atoms with Gasteiger partial charge in [0.1, 0.15) is 5.60 Å². The van der Waals surface area contributed by atoms with Crippen LogP contribution >= 0.6 is 0 Å². The maximum atomic E-state index is 10.8. The zero-order valence-electron chi connectivity index (χ0n) is 6.39. The number of rotatable bonds is 1. The van der Waals surface area contributed by atoms with E-state index in [1.807, 2.05) is 6.92 Å². The van der Waals surface area contributed by atoms with Crippen molar-refractivity contribution in [3.63, 3.8) is 0 Å². The Hall–Kier alpha value is -0.570. The van der Waals surface area contributed by atoms with Crippen LogP contribution in [0.2, 0.25) is 0 Å². The lowest BCUT2D eigenvalue weighted by Gasteiger charge is -2.23. The second kappa shape index (κ2) is 2.23. The minimum Gasteiger partial charge on any atom is -0.367 e. The summed E-state index contributed by atoms with van der Waals surface area (Å²) in [7, 11) is 0. The number of carbonyl (C=O) groups excluding carboxylic acids is 1. The van der Waals surface area contributed by atoms with Crippen molar-refractivity contribution in [3.05, 3.63) is 0 Å². The second-order valence-corrected chi connectivity index (χ2v) is 3.01. The maximum absolute atomic E-state index is 10.8. The van der Waals surface area contributed by atoms with Crippen molar-refractivity contribution >= 4 is 5.91 Å². The minimum absolute atomic E-state index is 0.255. The molecule has 1 fully saturated rings. The van der Waals surface area contributed by atoms with E-state index in [0.29, 0.717) is 6.61 Å². The number of primary amides is 1. The van der Waals surface area contributed by atoms with Gasteiger partial charge in [0.25, 0.3) is 0 Å². The van der Waals surface area contributed by atoms with E-state index >= 15 is 0 Å². The molecule has 1 aliphatic heterocycles. The van der Waals surface area contributed by atoms with Crippen LogP contribution in [0.5, 0.6) is 0 Å². The third kappa shape index (κ3) is 0.904. The Morgan fingerprint density at radius 3 is 2.60 bits per heavy atom. The first kappa shape index (κ1) is 7.54. The van der Waals surface area contributed by atoms with Crippen LogP contribution in [0.4, 0.5) is 0 Å². The summed E-state index contributed by atoms with van der Waals surface area (Å²) in [4.78, 5) is 10.8. The van der Waals surface area contributed by atoms with Gasteiger partial charge in [-0.25, -0.2) is 0 Å². The number of hydrogen-bond donors (Lipinski definition) is 1. The predicted octanol–water partition coefficient (Wildman–Crippen LogP) is 0.287. The van der Waals surface area contributed by atoms with Crippen molar-refractivity contribution in [1.82, 2.24) is 0 Å². The highest BCUT2D eigenvalue weighted by Crippen LogP contribution is 2.30. The van der Waals surface area contributed by atoms with E-state index in [2.05, 4.69) is 0 Å². The molecule has 1 aliphatic rings. The third-order valence-corrected chi connectivity index (χ3v) is 2.38. The van der Waals surface area contributed by atoms with Gasteiger partial charge < -0.3 is 10.5 Å². The van der Waals surface area contributed by atoms with Crippen molar-refractivity contribution in [1.29, 1.82) is 0 Å². The fourth-order valence-electron chi connectivity index (χ4n) is 1.18. The van der Waals surface area contributed by atoms with Gasteiger partial charge in [0.15, 0.2) is 0 Å². The largest absolute Gasteiger partial charge is 0.367 e. The topological polar surface area (TPSA) is 52.3 Å². The summed E-state index contributed by atoms with van der Waals surface area (Å²) in [6.45, 7) is 4.39. The molecule has 3 nitrogen and oxygen atoms in total. The summed E-state index contributed by atoms with van der Waals surface area (Å²) in [5.74, 6) is -0.0949. The van der Waals surface area contributed by atoms with Crippen molar-refractivity contribution in [2.75, 3.05) is 6.61 Å². The third-order valence-electron chi connectivity index (χ3n) is 2.38. The first-order chi connectivity index (χ1) is 4.57. The van der Waals surface area contributed by atoms with Crippen LogP contribution < -0.4 is 5.73 Å². The Morgan fingerprint density at radius 2 is 2.40 bits per heavy atom. The van der Waals surface area contributed by atoms with E-state index in [4.69, 9.17) is 10.5 Å². The molecule has 2 N–H and O–H groups in total. The first-order valence-electron chi connectivity index (χ1n) is 3.51. The molecule has 0 aliphatic carbocycles. The lowest BCUT2D eigenvalue weighted by molar-refractivity contribution is -0.138. The van der Waals surface area contributed by atoms with E-state index in [1.54, 1.807) is 6.92 Å². The smallest absolute Gasteiger partial charge is 0.249 e. The molecule has 2 atom stereocenters. The molecule has 0 aromatic carbocycles. The van der Waals surface area contributed by atoms with E-state index < -0.39 is 5.60 Å². The fraction of sp³-hybridized carbons (Fsp3) is 0.857. The SMILES string of the molecule is CC1CCOC1(C)C(N)=O. The molecule has 3 heteroatoms. The summed E-state index contributed by atoms with van der Waals surface area (Å²) in [6.07, 6.45) is 0.930. The van der Waals surface area contributed by atoms with Gasteiger partial charge in [0, 0.05) is 6.61 Å². The number of nitrogens with two attached hydrogens (primary N) is 1. The summed E-state index contributed by atoms with van der Waals surface area (Å²) in [5, 5.41) is 0. The van der Waals surface area contributed by atoms with Gasteiger partial charge in [-0.1, -0.05) is 6.92 Å². The number of ether oxygens (including phenoxy) is 1. The van der Waals surface area contributed by atoms with E-state index in [0.717, 1.165) is 6.42 Å². The van der Waals surface area contributed by atoms with Crippen LogP contribution in [0.15, 0.2) is 0 Å². The van der Waals surface area contributed by atoms with Crippen molar-refractivity contribution in [3.8, 4) is 0 Å². The molecule has 1 rings (SSSR count). The van der Waals surface area contributed by atoms with E-state index in [9.17, 15) is 4.79 Å². The maximum Gasteiger partial charge on any atom is 0.249 e. The summed E-state index contributed by atoms with van der Waals surface area (Å²) in [5.41, 5.74) is 4.45. The lowest BCUT2D eigenvalue weighted by Crippen LogP contribution is -2.44. The molecule has 1 heterocycles. The molecule has 0 aromatic heterocycles. The Bertz CT molecular complexity index is 158. The van der Waals surface area contributed by atoms with Gasteiger partial charge in [0.2, 0.25) is 5.91 Å². The Kier molecular flexibility index (Phi) is 1.68. The average Bonchev–Trinajstić information content (AvgIpc) is 2.15. The zero-order chi connectivity index (χ0) is 7.78. The molecular formula is C7H13NO2. The molecule has 1 amide bonds. The van der Waals surface area contributed by atoms with Crippen LogP contribution in [0.3, 0.4) is 0 Å². The van der Waals surface area contributed by atoms with Crippen molar-refractivity contribution < 1.29 is 9.53 Å². The molecule has 0 aromatic rings. The molecule has 58 valence electrons. The van der Waals surface area contributed by atoms with Crippen molar-refractivity contribution in [2.24, 2.45) is 11.7 Å². The zero-order valence-corrected chi connectivity index (χ0v) is 6.39. The van der Waals surface area contributed by atoms with Crippen LogP contribution in [-0.2, 0) is 9.53 Å². The minimum atomic E-state index is -0.708. The normalized spacial score (nSPS) is 40.0. The average molecular weight is 143 g/mol. The number of carbonyl (C=O) groups is 1. The Balaban J connectivity index is 2.75. The molecule has 0 bridgehead atoms. The van der Waals surface area contributed by atoms with Gasteiger partial charge in [-0.05, 0) is 19.3 Å². The van der Waals surface area contributed by atoms with Gasteiger partial charge in [-0.3, -0.25) is 4.79 Å². The molecule has 0 spiro atoms. The molecule has 0 saturated carbocycles. The number of amides is 1. The Labute approximate surface area is 60.5 Å². The standard InChI is InChI=1S/C7H13NO2/c1-5-3-4-10-7(5,2)6(8)9/h5H,3-4H2,1-2H3,(H2,8,9). The molecule has 2 unspecified atom stereocenters. The van der Waals surface area contributed by atoms with E-state index in [-0.39, 0.29) is 11.8 Å². The second-order valence-electron chi connectivity index (χ2n) is 3.01. The Morgan fingerprint density at radius 1 is 1.80 bits per heavy atom. The van der Waals surface area contributed by atoms with Gasteiger partial charge in [-0.2, -0.15) is 0 Å². The molecule has 0 radical (unpaired) electrons. The van der Waals surface area contributed by atoms with E-state index in [1.165, 1.54) is 0 Å². The monoisotopic (exact) mass is 143 g/mol. The van der Waals surface area contributed by atoms with Crippen LogP contribution in [0.25, 0.3) is 0 Å². The predicted molar refractivity (Wildman–Crippen MR) is 37.3 cm³/mol. The fourth-order valence-corrected chi connectivity index (χ4v) is 1.18. The highest BCUT2D eigenvalue weighted by atomic mass is 16.5. The van der Waals surface area contributed by atoms with Crippen LogP contribution in [0, 0.1) is 5.92 Å². The highest BCUT2D eigenvalue weighted by molar-refractivity contribution is 5.83. The van der Waals surface area contributed by atoms with Gasteiger partial charge in [0.05, 0.1) is 0 Å². The van der Waals surface area contributed by atoms with Gasteiger partial charge >= 0.3 is 0 Å². The molecular weight excluding hydrogens is 130 g/mol. The summed E-state index contributed by atoms with van der Waals surface area (Å²) in [6, 6.07) is 0. The number of hydrogen-bond acceptors (Lipinski definition) is 2. The lowest BCUT2D eigenvalue weighted by atomic mass is 9.90. The molecule has 10 heavy (non-hydrogen) atoms. The highest BCUT2D eigenvalue weighted by Gasteiger charge is 2.42. The molecule has 1 saturated heterocycles. The van der Waals surface area contributed by atoms with Crippen LogP contribution in [0.1, 0.15) is 20.3 Å². The summed E-state index contributed by atoms with van der Waals surface area (Å²) >= 11 is 0. The van der Waals surface area contributed by atoms with Crippen LogP contribution in [-0.4, -0.2) is 18.1 Å². The first-order valence-corrected chi connectivity index (χ1v) is 3.51. The van der Waals surface area contributed by atoms with Gasteiger partial charge in [-0.15, -0.1) is 0 Å². The summed E-state index contributed by atoms with van der Waals surface area (Å²) < 4.78 is 5.24. The van der Waals surface area contributed by atoms with Crippen molar-refractivity contribution in [2.45, 2.75) is 25.9 Å².